The number of hydrogen-bond donors (Lipinski definition) is 1. The molecule has 0 aromatic heterocycles. The van der Waals surface area contributed by atoms with Crippen molar-refractivity contribution in [2.75, 3.05) is 30.3 Å². The summed E-state index contributed by atoms with van der Waals surface area (Å²) in [6, 6.07) is 10.0. The van der Waals surface area contributed by atoms with Gasteiger partial charge in [-0.2, -0.15) is 13.2 Å². The number of ketones is 1. The Labute approximate surface area is 143 Å². The second kappa shape index (κ2) is 6.66. The van der Waals surface area contributed by atoms with E-state index in [0.29, 0.717) is 12.2 Å². The Morgan fingerprint density at radius 1 is 1.20 bits per heavy atom. The zero-order valence-electron chi connectivity index (χ0n) is 13.3. The van der Waals surface area contributed by atoms with E-state index in [1.807, 2.05) is 17.0 Å². The van der Waals surface area contributed by atoms with Crippen molar-refractivity contribution in [3.63, 3.8) is 0 Å². The van der Waals surface area contributed by atoms with Crippen molar-refractivity contribution in [3.05, 3.63) is 53.6 Å². The molecule has 0 saturated carbocycles. The topological polar surface area (TPSA) is 55.6 Å². The average Bonchev–Trinajstić information content (AvgIpc) is 2.94. The van der Waals surface area contributed by atoms with Crippen LogP contribution in [-0.2, 0) is 17.4 Å². The van der Waals surface area contributed by atoms with E-state index in [1.54, 1.807) is 6.07 Å². The Morgan fingerprint density at radius 2 is 2.00 bits per heavy atom. The molecule has 2 aromatic carbocycles. The molecule has 0 spiro atoms. The number of nitrogens with zero attached hydrogens (tertiary/aromatic N) is 1. The monoisotopic (exact) mass is 350 g/mol. The molecule has 1 aliphatic rings. The molecule has 0 fully saturated rings. The first-order chi connectivity index (χ1) is 11.8. The van der Waals surface area contributed by atoms with Gasteiger partial charge in [0.05, 0.1) is 12.1 Å². The zero-order chi connectivity index (χ0) is 18.0. The molecule has 0 aliphatic carbocycles. The summed E-state index contributed by atoms with van der Waals surface area (Å²) < 4.78 is 43.2. The van der Waals surface area contributed by atoms with Crippen LogP contribution in [0.1, 0.15) is 11.1 Å². The number of hydrogen-bond acceptors (Lipinski definition) is 4. The molecular weight excluding hydrogens is 333 g/mol. The minimum Gasteiger partial charge on any atom is -0.486 e. The van der Waals surface area contributed by atoms with Crippen LogP contribution >= 0.6 is 0 Å². The maximum atomic E-state index is 12.7. The van der Waals surface area contributed by atoms with Gasteiger partial charge >= 0.3 is 6.18 Å². The van der Waals surface area contributed by atoms with Crippen LogP contribution in [0, 0.1) is 0 Å². The van der Waals surface area contributed by atoms with E-state index in [4.69, 9.17) is 10.5 Å². The molecule has 1 heterocycles. The number of fused-ring (bicyclic) bond motifs is 1. The van der Waals surface area contributed by atoms with Crippen molar-refractivity contribution >= 4 is 17.2 Å². The molecule has 25 heavy (non-hydrogen) atoms. The Morgan fingerprint density at radius 3 is 2.76 bits per heavy atom. The molecule has 0 atom stereocenters. The van der Waals surface area contributed by atoms with Crippen LogP contribution in [0.5, 0.6) is 5.75 Å². The molecular formula is C18H17F3N2O2. The third kappa shape index (κ3) is 4.04. The number of Topliss-reactive ketones (excluding diaryl/α,β-unsaturated/α-hetero) is 1. The van der Waals surface area contributed by atoms with Crippen LogP contribution in [0.2, 0.25) is 0 Å². The van der Waals surface area contributed by atoms with Gasteiger partial charge in [-0.3, -0.25) is 4.79 Å². The summed E-state index contributed by atoms with van der Waals surface area (Å²) in [7, 11) is 0. The molecule has 3 rings (SSSR count). The number of nitrogen functional groups attached to an aromatic ring is 1. The lowest BCUT2D eigenvalue weighted by Crippen LogP contribution is -2.31. The second-order valence-electron chi connectivity index (χ2n) is 5.91. The largest absolute Gasteiger partial charge is 0.486 e. The predicted octanol–water partition coefficient (Wildman–Crippen LogP) is 3.30. The number of ether oxygens (including phenoxy) is 1. The van der Waals surface area contributed by atoms with Gasteiger partial charge in [-0.1, -0.05) is 6.07 Å². The van der Waals surface area contributed by atoms with E-state index < -0.39 is 11.7 Å². The van der Waals surface area contributed by atoms with Crippen LogP contribution in [-0.4, -0.2) is 25.5 Å². The van der Waals surface area contributed by atoms with Crippen molar-refractivity contribution < 1.29 is 22.7 Å². The minimum absolute atomic E-state index is 0.0257. The highest BCUT2D eigenvalue weighted by Gasteiger charge is 2.30. The van der Waals surface area contributed by atoms with Crippen molar-refractivity contribution in [3.8, 4) is 5.75 Å². The van der Waals surface area contributed by atoms with E-state index in [1.165, 1.54) is 12.1 Å². The van der Waals surface area contributed by atoms with E-state index in [-0.39, 0.29) is 24.7 Å². The predicted molar refractivity (Wildman–Crippen MR) is 88.7 cm³/mol. The first-order valence-electron chi connectivity index (χ1n) is 7.78. The third-order valence-corrected chi connectivity index (χ3v) is 4.02. The maximum absolute atomic E-state index is 12.7. The highest BCUT2D eigenvalue weighted by atomic mass is 19.4. The fraction of sp³-hybridized carbons (Fsp3) is 0.278. The van der Waals surface area contributed by atoms with Crippen LogP contribution in [0.25, 0.3) is 0 Å². The van der Waals surface area contributed by atoms with Gasteiger partial charge in [0.15, 0.2) is 5.78 Å². The summed E-state index contributed by atoms with van der Waals surface area (Å²) in [5, 5.41) is 0. The molecule has 0 amide bonds. The molecule has 2 aromatic rings. The van der Waals surface area contributed by atoms with E-state index in [0.717, 1.165) is 29.8 Å². The van der Waals surface area contributed by atoms with Gasteiger partial charge < -0.3 is 15.4 Å². The SMILES string of the molecule is Nc1ccc2c(c1)CCN2CC(=O)COc1cccc(C(F)(F)F)c1. The molecule has 1 aliphatic heterocycles. The summed E-state index contributed by atoms with van der Waals surface area (Å²) in [6.07, 6.45) is -3.63. The quantitative estimate of drug-likeness (QED) is 0.841. The van der Waals surface area contributed by atoms with Crippen LogP contribution in [0.15, 0.2) is 42.5 Å². The van der Waals surface area contributed by atoms with Crippen molar-refractivity contribution in [2.24, 2.45) is 0 Å². The Hall–Kier alpha value is -2.70. The van der Waals surface area contributed by atoms with Crippen LogP contribution in [0.3, 0.4) is 0 Å². The van der Waals surface area contributed by atoms with Crippen molar-refractivity contribution in [1.82, 2.24) is 0 Å². The zero-order valence-corrected chi connectivity index (χ0v) is 13.3. The minimum atomic E-state index is -4.44. The standard InChI is InChI=1S/C18H17F3N2O2/c19-18(20,21)13-2-1-3-16(9-13)25-11-15(24)10-23-7-6-12-8-14(22)4-5-17(12)23/h1-5,8-9H,6-7,10-11,22H2. The highest BCUT2D eigenvalue weighted by Crippen LogP contribution is 2.31. The van der Waals surface area contributed by atoms with Gasteiger partial charge in [0.2, 0.25) is 0 Å². The first-order valence-corrected chi connectivity index (χ1v) is 7.78. The van der Waals surface area contributed by atoms with Crippen LogP contribution < -0.4 is 15.4 Å². The highest BCUT2D eigenvalue weighted by molar-refractivity contribution is 5.85. The van der Waals surface area contributed by atoms with Gasteiger partial charge in [-0.15, -0.1) is 0 Å². The Bertz CT molecular complexity index is 790. The smallest absolute Gasteiger partial charge is 0.416 e. The van der Waals surface area contributed by atoms with Gasteiger partial charge in [0.1, 0.15) is 12.4 Å². The number of benzene rings is 2. The number of halogens is 3. The number of rotatable bonds is 5. The summed E-state index contributed by atoms with van der Waals surface area (Å²) in [5.41, 5.74) is 7.67. The number of nitrogens with two attached hydrogens (primary N) is 1. The maximum Gasteiger partial charge on any atom is 0.416 e. The molecule has 0 bridgehead atoms. The fourth-order valence-electron chi connectivity index (χ4n) is 2.84. The molecule has 132 valence electrons. The lowest BCUT2D eigenvalue weighted by atomic mass is 10.1. The Balaban J connectivity index is 1.58. The average molecular weight is 350 g/mol. The summed E-state index contributed by atoms with van der Waals surface area (Å²) >= 11 is 0. The molecule has 0 radical (unpaired) electrons. The van der Waals surface area contributed by atoms with Gasteiger partial charge in [-0.05, 0) is 48.4 Å². The Kier molecular flexibility index (Phi) is 4.57. The number of carbonyl (C=O) groups is 1. The van der Waals surface area contributed by atoms with Crippen molar-refractivity contribution in [2.45, 2.75) is 12.6 Å². The summed E-state index contributed by atoms with van der Waals surface area (Å²) in [5.74, 6) is -0.181. The lowest BCUT2D eigenvalue weighted by molar-refractivity contribution is -0.137. The van der Waals surface area contributed by atoms with E-state index in [9.17, 15) is 18.0 Å². The summed E-state index contributed by atoms with van der Waals surface area (Å²) in [6.45, 7) is 0.575. The molecule has 0 saturated heterocycles. The van der Waals surface area contributed by atoms with Gasteiger partial charge in [-0.25, -0.2) is 0 Å². The number of alkyl halides is 3. The third-order valence-electron chi connectivity index (χ3n) is 4.02. The normalized spacial score (nSPS) is 13.6. The number of carbonyl (C=O) groups excluding carboxylic acids is 1. The lowest BCUT2D eigenvalue weighted by Gasteiger charge is -2.18. The van der Waals surface area contributed by atoms with Gasteiger partial charge in [0.25, 0.3) is 0 Å². The fourth-order valence-corrected chi connectivity index (χ4v) is 2.84. The molecule has 2 N–H and O–H groups in total. The van der Waals surface area contributed by atoms with Crippen molar-refractivity contribution in [1.29, 1.82) is 0 Å². The van der Waals surface area contributed by atoms with Gasteiger partial charge in [0, 0.05) is 17.9 Å². The van der Waals surface area contributed by atoms with E-state index >= 15 is 0 Å². The molecule has 0 unspecified atom stereocenters. The molecule has 4 nitrogen and oxygen atoms in total. The van der Waals surface area contributed by atoms with Crippen LogP contribution in [0.4, 0.5) is 24.5 Å². The molecule has 7 heteroatoms. The van der Waals surface area contributed by atoms with E-state index in [2.05, 4.69) is 0 Å². The second-order valence-corrected chi connectivity index (χ2v) is 5.91. The first kappa shape index (κ1) is 17.1. The number of anilines is 2. The summed E-state index contributed by atoms with van der Waals surface area (Å²) in [4.78, 5) is 14.0.